The van der Waals surface area contributed by atoms with Crippen molar-refractivity contribution in [1.82, 2.24) is 0 Å². The van der Waals surface area contributed by atoms with Crippen LogP contribution in [0.4, 0.5) is 0 Å². The zero-order chi connectivity index (χ0) is 50.0. The van der Waals surface area contributed by atoms with Crippen LogP contribution >= 0.6 is 0 Å². The van der Waals surface area contributed by atoms with Crippen molar-refractivity contribution in [3.05, 3.63) is 12.2 Å². The Bertz CT molecular complexity index is 1070. The Hall–Kier alpha value is -1.85. The first-order valence-electron chi connectivity index (χ1n) is 31.2. The standard InChI is InChI=1S/C63H120O6/c1-4-7-10-13-16-19-22-25-28-31-32-33-36-38-41-44-47-50-53-56-62(65)68-59-60(69-63(66)57-54-51-48-45-42-39-35-30-27-24-21-18-15-12-9-6-3)58-67-61(64)55-52-49-46-43-40-37-34-29-26-23-20-17-14-11-8-5-2/h25,28,60H,4-24,26-27,29-59H2,1-3H3/b28-25+/t60-/m1/s1. The van der Waals surface area contributed by atoms with E-state index in [9.17, 15) is 14.4 Å². The highest BCUT2D eigenvalue weighted by Gasteiger charge is 2.19. The van der Waals surface area contributed by atoms with Crippen LogP contribution in [0.15, 0.2) is 12.2 Å². The van der Waals surface area contributed by atoms with Gasteiger partial charge in [-0.25, -0.2) is 0 Å². The molecule has 0 aromatic heterocycles. The van der Waals surface area contributed by atoms with Gasteiger partial charge < -0.3 is 14.2 Å². The van der Waals surface area contributed by atoms with Crippen molar-refractivity contribution in [2.24, 2.45) is 0 Å². The molecule has 0 N–H and O–H groups in total. The molecule has 0 fully saturated rings. The van der Waals surface area contributed by atoms with E-state index in [1.807, 2.05) is 0 Å². The molecule has 0 aliphatic carbocycles. The van der Waals surface area contributed by atoms with Crippen LogP contribution in [0, 0.1) is 0 Å². The number of allylic oxidation sites excluding steroid dienone is 2. The van der Waals surface area contributed by atoms with Gasteiger partial charge in [0.05, 0.1) is 0 Å². The summed E-state index contributed by atoms with van der Waals surface area (Å²) in [6.07, 6.45) is 67.8. The fraction of sp³-hybridized carbons (Fsp3) is 0.921. The summed E-state index contributed by atoms with van der Waals surface area (Å²) in [4.78, 5) is 38.3. The molecule has 0 saturated carbocycles. The van der Waals surface area contributed by atoms with Gasteiger partial charge in [-0.15, -0.1) is 0 Å². The fourth-order valence-electron chi connectivity index (χ4n) is 9.56. The molecule has 0 heterocycles. The Morgan fingerprint density at radius 2 is 0.478 bits per heavy atom. The molecule has 0 bridgehead atoms. The van der Waals surface area contributed by atoms with Crippen molar-refractivity contribution in [1.29, 1.82) is 0 Å². The zero-order valence-electron chi connectivity index (χ0n) is 46.9. The molecule has 0 aromatic rings. The van der Waals surface area contributed by atoms with E-state index in [2.05, 4.69) is 32.9 Å². The second-order valence-electron chi connectivity index (χ2n) is 21.3. The van der Waals surface area contributed by atoms with Gasteiger partial charge in [0.1, 0.15) is 13.2 Å². The summed E-state index contributed by atoms with van der Waals surface area (Å²) in [5.41, 5.74) is 0. The third-order valence-corrected chi connectivity index (χ3v) is 14.3. The van der Waals surface area contributed by atoms with Crippen molar-refractivity contribution in [3.63, 3.8) is 0 Å². The number of unbranched alkanes of at least 4 members (excludes halogenated alkanes) is 45. The van der Waals surface area contributed by atoms with E-state index in [4.69, 9.17) is 14.2 Å². The Morgan fingerprint density at radius 1 is 0.275 bits per heavy atom. The quantitative estimate of drug-likeness (QED) is 0.0261. The van der Waals surface area contributed by atoms with Crippen LogP contribution in [0.2, 0.25) is 0 Å². The Labute approximate surface area is 431 Å². The summed E-state index contributed by atoms with van der Waals surface area (Å²) in [5.74, 6) is -0.836. The molecule has 0 saturated heterocycles. The number of ether oxygens (including phenoxy) is 3. The smallest absolute Gasteiger partial charge is 0.306 e. The Kier molecular flexibility index (Phi) is 57.1. The van der Waals surface area contributed by atoms with Crippen LogP contribution in [0.25, 0.3) is 0 Å². The molecule has 408 valence electrons. The highest BCUT2D eigenvalue weighted by Crippen LogP contribution is 2.18. The molecule has 0 aromatic carbocycles. The van der Waals surface area contributed by atoms with E-state index in [1.54, 1.807) is 0 Å². The predicted octanol–water partition coefficient (Wildman–Crippen LogP) is 20.9. The fourth-order valence-corrected chi connectivity index (χ4v) is 9.56. The largest absolute Gasteiger partial charge is 0.462 e. The molecule has 0 radical (unpaired) electrons. The van der Waals surface area contributed by atoms with Crippen LogP contribution in [0.3, 0.4) is 0 Å². The molecule has 0 rings (SSSR count). The van der Waals surface area contributed by atoms with E-state index < -0.39 is 6.10 Å². The molecule has 1 atom stereocenters. The van der Waals surface area contributed by atoms with Gasteiger partial charge in [-0.1, -0.05) is 303 Å². The van der Waals surface area contributed by atoms with Crippen LogP contribution in [-0.4, -0.2) is 37.2 Å². The van der Waals surface area contributed by atoms with Crippen molar-refractivity contribution < 1.29 is 28.6 Å². The Morgan fingerprint density at radius 3 is 0.725 bits per heavy atom. The second kappa shape index (κ2) is 58.7. The molecular weight excluding hydrogens is 853 g/mol. The van der Waals surface area contributed by atoms with Crippen LogP contribution in [0.5, 0.6) is 0 Å². The van der Waals surface area contributed by atoms with E-state index >= 15 is 0 Å². The minimum Gasteiger partial charge on any atom is -0.462 e. The maximum absolute atomic E-state index is 12.9. The molecule has 0 aliphatic rings. The van der Waals surface area contributed by atoms with Crippen molar-refractivity contribution >= 4 is 17.9 Å². The van der Waals surface area contributed by atoms with Gasteiger partial charge in [-0.3, -0.25) is 14.4 Å². The number of carbonyl (C=O) groups is 3. The van der Waals surface area contributed by atoms with Crippen LogP contribution in [-0.2, 0) is 28.6 Å². The molecule has 0 aliphatic heterocycles. The first kappa shape index (κ1) is 67.1. The summed E-state index contributed by atoms with van der Waals surface area (Å²) in [6.45, 7) is 6.71. The lowest BCUT2D eigenvalue weighted by molar-refractivity contribution is -0.167. The lowest BCUT2D eigenvalue weighted by Gasteiger charge is -2.18. The Balaban J connectivity index is 4.30. The summed E-state index contributed by atoms with van der Waals surface area (Å²) < 4.78 is 16.9. The summed E-state index contributed by atoms with van der Waals surface area (Å²) in [5, 5.41) is 0. The molecular formula is C63H120O6. The van der Waals surface area contributed by atoms with Gasteiger partial charge in [0.15, 0.2) is 6.10 Å². The predicted molar refractivity (Wildman–Crippen MR) is 298 cm³/mol. The number of hydrogen-bond donors (Lipinski definition) is 0. The summed E-state index contributed by atoms with van der Waals surface area (Å²) in [6, 6.07) is 0. The number of hydrogen-bond acceptors (Lipinski definition) is 6. The summed E-state index contributed by atoms with van der Waals surface area (Å²) in [7, 11) is 0. The first-order chi connectivity index (χ1) is 34.0. The van der Waals surface area contributed by atoms with Crippen molar-refractivity contribution in [3.8, 4) is 0 Å². The monoisotopic (exact) mass is 973 g/mol. The average Bonchev–Trinajstić information content (AvgIpc) is 3.35. The topological polar surface area (TPSA) is 78.9 Å². The maximum Gasteiger partial charge on any atom is 0.306 e. The minimum absolute atomic E-state index is 0.0639. The van der Waals surface area contributed by atoms with Crippen molar-refractivity contribution in [2.45, 2.75) is 361 Å². The molecule has 6 nitrogen and oxygen atoms in total. The van der Waals surface area contributed by atoms with Gasteiger partial charge in [-0.05, 0) is 44.9 Å². The van der Waals surface area contributed by atoms with Gasteiger partial charge in [0, 0.05) is 19.3 Å². The first-order valence-corrected chi connectivity index (χ1v) is 31.2. The highest BCUT2D eigenvalue weighted by atomic mass is 16.6. The number of rotatable bonds is 58. The number of carbonyl (C=O) groups excluding carboxylic acids is 3. The van der Waals surface area contributed by atoms with Crippen molar-refractivity contribution in [2.75, 3.05) is 13.2 Å². The van der Waals surface area contributed by atoms with E-state index in [1.165, 1.54) is 257 Å². The molecule has 0 amide bonds. The molecule has 0 unspecified atom stereocenters. The van der Waals surface area contributed by atoms with Gasteiger partial charge in [0.2, 0.25) is 0 Å². The molecule has 69 heavy (non-hydrogen) atoms. The third-order valence-electron chi connectivity index (χ3n) is 14.3. The second-order valence-corrected chi connectivity index (χ2v) is 21.3. The zero-order valence-corrected chi connectivity index (χ0v) is 46.9. The van der Waals surface area contributed by atoms with Gasteiger partial charge >= 0.3 is 17.9 Å². The normalized spacial score (nSPS) is 12.0. The van der Waals surface area contributed by atoms with E-state index in [0.717, 1.165) is 57.8 Å². The number of esters is 3. The van der Waals surface area contributed by atoms with Gasteiger partial charge in [0.25, 0.3) is 0 Å². The minimum atomic E-state index is -0.765. The lowest BCUT2D eigenvalue weighted by Crippen LogP contribution is -2.30. The van der Waals surface area contributed by atoms with Gasteiger partial charge in [-0.2, -0.15) is 0 Å². The van der Waals surface area contributed by atoms with E-state index in [0.29, 0.717) is 19.3 Å². The summed E-state index contributed by atoms with van der Waals surface area (Å²) >= 11 is 0. The highest BCUT2D eigenvalue weighted by molar-refractivity contribution is 5.71. The van der Waals surface area contributed by atoms with Crippen LogP contribution < -0.4 is 0 Å². The SMILES string of the molecule is CCCCCCCC/C=C/CCCCCCCCCCCC(=O)OC[C@@H](COC(=O)CCCCCCCCCCCCCCCCCC)OC(=O)CCCCCCCCCCCCCCCCCC. The van der Waals surface area contributed by atoms with Crippen LogP contribution in [0.1, 0.15) is 355 Å². The lowest BCUT2D eigenvalue weighted by atomic mass is 10.0. The molecule has 6 heteroatoms. The average molecular weight is 974 g/mol. The maximum atomic E-state index is 12.9. The third kappa shape index (κ3) is 56.9. The van der Waals surface area contributed by atoms with E-state index in [-0.39, 0.29) is 31.1 Å². The molecule has 0 spiro atoms.